The third-order valence-corrected chi connectivity index (χ3v) is 5.12. The summed E-state index contributed by atoms with van der Waals surface area (Å²) in [5.41, 5.74) is 1.69. The van der Waals surface area contributed by atoms with Crippen molar-refractivity contribution < 1.29 is 23.9 Å². The Bertz CT molecular complexity index is 871. The number of alkyl carbamates (subject to hydrolysis) is 1. The Balaban J connectivity index is 2.00. The van der Waals surface area contributed by atoms with E-state index in [9.17, 15) is 14.4 Å². The molecule has 7 nitrogen and oxygen atoms in total. The Labute approximate surface area is 190 Å². The van der Waals surface area contributed by atoms with Crippen LogP contribution in [-0.2, 0) is 32.1 Å². The fraction of sp³-hybridized carbons (Fsp3) is 0.348. The average Bonchev–Trinajstić information content (AvgIpc) is 2.76. The van der Waals surface area contributed by atoms with Crippen molar-refractivity contribution in [3.8, 4) is 0 Å². The largest absolute Gasteiger partial charge is 0.467 e. The molecule has 8 heteroatoms. The predicted molar refractivity (Wildman–Crippen MR) is 120 cm³/mol. The Kier molecular flexibility index (Phi) is 9.52. The summed E-state index contributed by atoms with van der Waals surface area (Å²) in [6, 6.07) is 14.9. The van der Waals surface area contributed by atoms with Crippen LogP contribution in [0.2, 0.25) is 0 Å². The van der Waals surface area contributed by atoms with Gasteiger partial charge in [0.1, 0.15) is 18.7 Å². The number of nitrogens with one attached hydrogen (secondary N) is 2. The van der Waals surface area contributed by atoms with Crippen LogP contribution in [0.3, 0.4) is 0 Å². The molecule has 0 spiro atoms. The van der Waals surface area contributed by atoms with Crippen LogP contribution in [0.5, 0.6) is 0 Å². The summed E-state index contributed by atoms with van der Waals surface area (Å²) < 4.78 is 11.0. The number of methoxy groups -OCH3 is 1. The number of esters is 1. The Morgan fingerprint density at radius 3 is 2.16 bits per heavy atom. The molecule has 2 atom stereocenters. The zero-order valence-corrected chi connectivity index (χ0v) is 19.3. The van der Waals surface area contributed by atoms with Gasteiger partial charge in [0.15, 0.2) is 0 Å². The van der Waals surface area contributed by atoms with E-state index in [0.29, 0.717) is 0 Å². The van der Waals surface area contributed by atoms with Crippen LogP contribution >= 0.6 is 15.9 Å². The van der Waals surface area contributed by atoms with Gasteiger partial charge >= 0.3 is 12.1 Å². The number of amides is 2. The van der Waals surface area contributed by atoms with Gasteiger partial charge in [-0.05, 0) is 29.2 Å². The molecule has 0 heterocycles. The third-order valence-electron chi connectivity index (χ3n) is 4.59. The molecule has 0 aliphatic rings. The average molecular weight is 491 g/mol. The number of carbonyl (C=O) groups is 3. The standard InChI is InChI=1S/C23H27BrN2O5/c1-15(2)20(26-23(29)31-14-17-7-5-4-6-8-17)21(27)25-19(22(28)30-3)13-16-9-11-18(24)12-10-16/h4-12,15,19-20H,13-14H2,1-3H3,(H,25,27)(H,26,29)/t19-,20-/m1/s1. The van der Waals surface area contributed by atoms with Gasteiger partial charge < -0.3 is 20.1 Å². The smallest absolute Gasteiger partial charge is 0.408 e. The maximum absolute atomic E-state index is 12.9. The molecule has 2 rings (SSSR count). The highest BCUT2D eigenvalue weighted by Crippen LogP contribution is 2.13. The molecule has 0 fully saturated rings. The van der Waals surface area contributed by atoms with Gasteiger partial charge in [-0.2, -0.15) is 0 Å². The number of carbonyl (C=O) groups excluding carboxylic acids is 3. The second kappa shape index (κ2) is 12.1. The van der Waals surface area contributed by atoms with Gasteiger partial charge in [0.05, 0.1) is 7.11 Å². The van der Waals surface area contributed by atoms with Crippen molar-refractivity contribution in [2.75, 3.05) is 7.11 Å². The first-order valence-corrected chi connectivity index (χ1v) is 10.7. The Hall–Kier alpha value is -2.87. The van der Waals surface area contributed by atoms with Gasteiger partial charge in [-0.25, -0.2) is 9.59 Å². The SMILES string of the molecule is COC(=O)[C@@H](Cc1ccc(Br)cc1)NC(=O)[C@H](NC(=O)OCc1ccccc1)C(C)C. The second-order valence-corrected chi connectivity index (χ2v) is 8.26. The zero-order valence-electron chi connectivity index (χ0n) is 17.8. The van der Waals surface area contributed by atoms with Crippen molar-refractivity contribution in [2.45, 2.75) is 39.0 Å². The topological polar surface area (TPSA) is 93.7 Å². The fourth-order valence-electron chi connectivity index (χ4n) is 2.88. The molecule has 0 bridgehead atoms. The Morgan fingerprint density at radius 2 is 1.58 bits per heavy atom. The van der Waals surface area contributed by atoms with Crippen molar-refractivity contribution in [3.63, 3.8) is 0 Å². The van der Waals surface area contributed by atoms with Gasteiger partial charge in [-0.15, -0.1) is 0 Å². The zero-order chi connectivity index (χ0) is 22.8. The molecule has 2 N–H and O–H groups in total. The van der Waals surface area contributed by atoms with E-state index in [1.165, 1.54) is 7.11 Å². The molecule has 2 amide bonds. The lowest BCUT2D eigenvalue weighted by Gasteiger charge is -2.24. The summed E-state index contributed by atoms with van der Waals surface area (Å²) in [6.07, 6.45) is -0.449. The van der Waals surface area contributed by atoms with E-state index in [4.69, 9.17) is 9.47 Å². The van der Waals surface area contributed by atoms with E-state index < -0.39 is 30.1 Å². The van der Waals surface area contributed by atoms with Crippen molar-refractivity contribution in [2.24, 2.45) is 5.92 Å². The maximum Gasteiger partial charge on any atom is 0.408 e. The lowest BCUT2D eigenvalue weighted by Crippen LogP contribution is -2.54. The van der Waals surface area contributed by atoms with Gasteiger partial charge in [-0.3, -0.25) is 4.79 Å². The molecule has 0 aliphatic carbocycles. The highest BCUT2D eigenvalue weighted by molar-refractivity contribution is 9.10. The van der Waals surface area contributed by atoms with Crippen LogP contribution in [0.15, 0.2) is 59.1 Å². The molecule has 166 valence electrons. The first-order valence-electron chi connectivity index (χ1n) is 9.90. The molecule has 2 aromatic carbocycles. The van der Waals surface area contributed by atoms with Crippen molar-refractivity contribution >= 4 is 33.9 Å². The quantitative estimate of drug-likeness (QED) is 0.523. The summed E-state index contributed by atoms with van der Waals surface area (Å²) in [7, 11) is 1.27. The summed E-state index contributed by atoms with van der Waals surface area (Å²) >= 11 is 3.37. The van der Waals surface area contributed by atoms with E-state index in [1.807, 2.05) is 54.6 Å². The van der Waals surface area contributed by atoms with Gasteiger partial charge in [0.2, 0.25) is 5.91 Å². The molecule has 0 saturated carbocycles. The van der Waals surface area contributed by atoms with E-state index in [-0.39, 0.29) is 18.9 Å². The molecular weight excluding hydrogens is 464 g/mol. The molecule has 0 saturated heterocycles. The Morgan fingerprint density at radius 1 is 0.935 bits per heavy atom. The minimum Gasteiger partial charge on any atom is -0.467 e. The molecular formula is C23H27BrN2O5. The van der Waals surface area contributed by atoms with Crippen LogP contribution in [0.1, 0.15) is 25.0 Å². The summed E-state index contributed by atoms with van der Waals surface area (Å²) in [5.74, 6) is -1.28. The van der Waals surface area contributed by atoms with Crippen LogP contribution in [0, 0.1) is 5.92 Å². The number of halogens is 1. The van der Waals surface area contributed by atoms with E-state index in [2.05, 4.69) is 26.6 Å². The molecule has 0 aliphatic heterocycles. The number of benzene rings is 2. The molecule has 0 unspecified atom stereocenters. The van der Waals surface area contributed by atoms with Crippen molar-refractivity contribution in [1.29, 1.82) is 0 Å². The van der Waals surface area contributed by atoms with Crippen LogP contribution < -0.4 is 10.6 Å². The second-order valence-electron chi connectivity index (χ2n) is 7.34. The number of ether oxygens (including phenoxy) is 2. The number of hydrogen-bond acceptors (Lipinski definition) is 5. The summed E-state index contributed by atoms with van der Waals surface area (Å²) in [4.78, 5) is 37.3. The minimum atomic E-state index is -0.887. The predicted octanol–water partition coefficient (Wildman–Crippen LogP) is 3.60. The summed E-state index contributed by atoms with van der Waals surface area (Å²) in [5, 5.41) is 5.28. The van der Waals surface area contributed by atoms with E-state index >= 15 is 0 Å². The van der Waals surface area contributed by atoms with Crippen LogP contribution in [0.4, 0.5) is 4.79 Å². The van der Waals surface area contributed by atoms with Crippen molar-refractivity contribution in [1.82, 2.24) is 10.6 Å². The van der Waals surface area contributed by atoms with Gasteiger partial charge in [-0.1, -0.05) is 72.2 Å². The van der Waals surface area contributed by atoms with E-state index in [1.54, 1.807) is 13.8 Å². The van der Waals surface area contributed by atoms with Crippen LogP contribution in [0.25, 0.3) is 0 Å². The fourth-order valence-corrected chi connectivity index (χ4v) is 3.14. The molecule has 0 aromatic heterocycles. The molecule has 31 heavy (non-hydrogen) atoms. The lowest BCUT2D eigenvalue weighted by molar-refractivity contribution is -0.145. The first kappa shape index (κ1) is 24.4. The number of rotatable bonds is 9. The van der Waals surface area contributed by atoms with Crippen LogP contribution in [-0.4, -0.2) is 37.2 Å². The highest BCUT2D eigenvalue weighted by Gasteiger charge is 2.29. The first-order chi connectivity index (χ1) is 14.8. The van der Waals surface area contributed by atoms with Crippen molar-refractivity contribution in [3.05, 3.63) is 70.2 Å². The molecule has 2 aromatic rings. The minimum absolute atomic E-state index is 0.0907. The third kappa shape index (κ3) is 8.05. The van der Waals surface area contributed by atoms with Gasteiger partial charge in [0.25, 0.3) is 0 Å². The maximum atomic E-state index is 12.9. The van der Waals surface area contributed by atoms with E-state index in [0.717, 1.165) is 15.6 Å². The number of hydrogen-bond donors (Lipinski definition) is 2. The summed E-state index contributed by atoms with van der Waals surface area (Å²) in [6.45, 7) is 3.68. The highest BCUT2D eigenvalue weighted by atomic mass is 79.9. The van der Waals surface area contributed by atoms with Gasteiger partial charge in [0, 0.05) is 10.9 Å². The monoisotopic (exact) mass is 490 g/mol. The lowest BCUT2D eigenvalue weighted by atomic mass is 10.0. The normalized spacial score (nSPS) is 12.5. The molecule has 0 radical (unpaired) electrons.